The third-order valence-electron chi connectivity index (χ3n) is 5.16. The van der Waals surface area contributed by atoms with Crippen LogP contribution in [0.15, 0.2) is 46.9 Å². The lowest BCUT2D eigenvalue weighted by Crippen LogP contribution is -2.27. The molecule has 0 aliphatic carbocycles. The molecule has 1 aliphatic rings. The van der Waals surface area contributed by atoms with Gasteiger partial charge in [-0.1, -0.05) is 30.3 Å². The number of carbonyl (C=O) groups is 1. The first-order valence-electron chi connectivity index (χ1n) is 9.61. The summed E-state index contributed by atoms with van der Waals surface area (Å²) >= 11 is 0. The van der Waals surface area contributed by atoms with Crippen LogP contribution in [0.4, 0.5) is 0 Å². The summed E-state index contributed by atoms with van der Waals surface area (Å²) in [5.74, 6) is 2.29. The van der Waals surface area contributed by atoms with E-state index < -0.39 is 0 Å². The molecule has 8 nitrogen and oxygen atoms in total. The van der Waals surface area contributed by atoms with E-state index in [4.69, 9.17) is 18.6 Å². The molecule has 0 spiro atoms. The van der Waals surface area contributed by atoms with Crippen LogP contribution in [0.2, 0.25) is 0 Å². The molecule has 2 heterocycles. The first kappa shape index (κ1) is 19.8. The number of carbonyl (C=O) groups excluding carboxylic acids is 1. The lowest BCUT2D eigenvalue weighted by Gasteiger charge is -2.22. The maximum absolute atomic E-state index is 12.5. The van der Waals surface area contributed by atoms with Crippen LogP contribution in [0.1, 0.15) is 30.3 Å². The maximum atomic E-state index is 12.5. The molecule has 4 rings (SSSR count). The molecule has 0 radical (unpaired) electrons. The van der Waals surface area contributed by atoms with E-state index in [9.17, 15) is 4.79 Å². The average molecular weight is 409 g/mol. The first-order chi connectivity index (χ1) is 14.6. The summed E-state index contributed by atoms with van der Waals surface area (Å²) in [5.41, 5.74) is 1.70. The molecule has 0 bridgehead atoms. The minimum Gasteiger partial charge on any atom is -0.493 e. The Hall–Kier alpha value is -3.55. The zero-order valence-electron chi connectivity index (χ0n) is 17.1. The Labute approximate surface area is 174 Å². The van der Waals surface area contributed by atoms with Gasteiger partial charge in [-0.15, -0.1) is 10.2 Å². The number of benzene rings is 2. The molecule has 0 unspecified atom stereocenters. The van der Waals surface area contributed by atoms with Crippen LogP contribution in [0.5, 0.6) is 17.2 Å². The normalized spacial score (nSPS) is 16.0. The summed E-state index contributed by atoms with van der Waals surface area (Å²) in [5, 5.41) is 8.43. The van der Waals surface area contributed by atoms with Crippen LogP contribution >= 0.6 is 0 Å². The number of hydrogen-bond donors (Lipinski definition) is 0. The topological polar surface area (TPSA) is 86.9 Å². The van der Waals surface area contributed by atoms with Crippen molar-refractivity contribution in [1.82, 2.24) is 15.1 Å². The van der Waals surface area contributed by atoms with Gasteiger partial charge in [-0.2, -0.15) is 0 Å². The Morgan fingerprint density at radius 3 is 2.37 bits per heavy atom. The Kier molecular flexibility index (Phi) is 5.56. The Morgan fingerprint density at radius 1 is 1.03 bits per heavy atom. The second-order valence-electron chi connectivity index (χ2n) is 6.92. The molecule has 8 heteroatoms. The Balaban J connectivity index is 1.63. The first-order valence-corrected chi connectivity index (χ1v) is 9.61. The molecule has 30 heavy (non-hydrogen) atoms. The Morgan fingerprint density at radius 2 is 1.73 bits per heavy atom. The summed E-state index contributed by atoms with van der Waals surface area (Å²) in [7, 11) is 4.64. The standard InChI is InChI=1S/C22H23N3O5/c1-27-17-11-15(12-18(28-2)20(17)29-3)21-23-24-22(30-21)16-9-10-19(26)25(16)13-14-7-5-4-6-8-14/h4-8,11-12,16H,9-10,13H2,1-3H3/t16-/m1/s1. The van der Waals surface area contributed by atoms with Crippen molar-refractivity contribution >= 4 is 5.91 Å². The number of rotatable bonds is 7. The largest absolute Gasteiger partial charge is 0.493 e. The number of hydrogen-bond acceptors (Lipinski definition) is 7. The van der Waals surface area contributed by atoms with Crippen LogP contribution in [-0.4, -0.2) is 42.3 Å². The number of aromatic nitrogens is 2. The van der Waals surface area contributed by atoms with Gasteiger partial charge in [0.2, 0.25) is 23.4 Å². The van der Waals surface area contributed by atoms with Crippen molar-refractivity contribution in [1.29, 1.82) is 0 Å². The Bertz CT molecular complexity index is 1010. The molecule has 2 aromatic carbocycles. The molecule has 1 saturated heterocycles. The van der Waals surface area contributed by atoms with Crippen LogP contribution in [-0.2, 0) is 11.3 Å². The smallest absolute Gasteiger partial charge is 0.248 e. The summed E-state index contributed by atoms with van der Waals surface area (Å²) in [6.07, 6.45) is 1.10. The lowest BCUT2D eigenvalue weighted by atomic mass is 10.1. The fourth-order valence-electron chi connectivity index (χ4n) is 3.66. The van der Waals surface area contributed by atoms with Crippen molar-refractivity contribution in [3.8, 4) is 28.7 Å². The van der Waals surface area contributed by atoms with Gasteiger partial charge in [-0.05, 0) is 24.1 Å². The number of likely N-dealkylation sites (tertiary alicyclic amines) is 1. The fraction of sp³-hybridized carbons (Fsp3) is 0.318. The highest BCUT2D eigenvalue weighted by atomic mass is 16.5. The molecular formula is C22H23N3O5. The zero-order valence-corrected chi connectivity index (χ0v) is 17.1. The minimum atomic E-state index is -0.249. The van der Waals surface area contributed by atoms with Gasteiger partial charge >= 0.3 is 0 Å². The molecular weight excluding hydrogens is 386 g/mol. The number of methoxy groups -OCH3 is 3. The van der Waals surface area contributed by atoms with Crippen molar-refractivity contribution in [2.24, 2.45) is 0 Å². The van der Waals surface area contributed by atoms with Gasteiger partial charge in [0.05, 0.1) is 21.3 Å². The third kappa shape index (κ3) is 3.68. The van der Waals surface area contributed by atoms with E-state index >= 15 is 0 Å². The van der Waals surface area contributed by atoms with E-state index in [1.165, 1.54) is 0 Å². The van der Waals surface area contributed by atoms with Crippen LogP contribution in [0.25, 0.3) is 11.5 Å². The molecule has 1 amide bonds. The predicted octanol–water partition coefficient (Wildman–Crippen LogP) is 3.63. The van der Waals surface area contributed by atoms with Gasteiger partial charge in [0, 0.05) is 18.5 Å². The van der Waals surface area contributed by atoms with E-state index in [-0.39, 0.29) is 11.9 Å². The monoisotopic (exact) mass is 409 g/mol. The van der Waals surface area contributed by atoms with Crippen molar-refractivity contribution in [3.63, 3.8) is 0 Å². The molecule has 3 aromatic rings. The van der Waals surface area contributed by atoms with Crippen LogP contribution < -0.4 is 14.2 Å². The second kappa shape index (κ2) is 8.44. The van der Waals surface area contributed by atoms with Crippen molar-refractivity contribution < 1.29 is 23.4 Å². The molecule has 0 N–H and O–H groups in total. The van der Waals surface area contributed by atoms with Gasteiger partial charge < -0.3 is 23.5 Å². The quantitative estimate of drug-likeness (QED) is 0.589. The van der Waals surface area contributed by atoms with E-state index in [1.807, 2.05) is 30.3 Å². The summed E-state index contributed by atoms with van der Waals surface area (Å²) in [6.45, 7) is 0.506. The van der Waals surface area contributed by atoms with Crippen molar-refractivity contribution in [3.05, 3.63) is 53.9 Å². The van der Waals surface area contributed by atoms with Crippen LogP contribution in [0, 0.1) is 0 Å². The van der Waals surface area contributed by atoms with Crippen molar-refractivity contribution in [2.45, 2.75) is 25.4 Å². The zero-order chi connectivity index (χ0) is 21.1. The highest BCUT2D eigenvalue weighted by Crippen LogP contribution is 2.41. The minimum absolute atomic E-state index is 0.0800. The number of nitrogens with zero attached hydrogens (tertiary/aromatic N) is 3. The molecule has 156 valence electrons. The summed E-state index contributed by atoms with van der Waals surface area (Å²) in [6, 6.07) is 13.1. The average Bonchev–Trinajstić information content (AvgIpc) is 3.40. The van der Waals surface area contributed by atoms with Gasteiger partial charge in [-0.25, -0.2) is 0 Å². The second-order valence-corrected chi connectivity index (χ2v) is 6.92. The SMILES string of the molecule is COc1cc(-c2nnc([C@H]3CCC(=O)N3Cc3ccccc3)o2)cc(OC)c1OC. The highest BCUT2D eigenvalue weighted by molar-refractivity contribution is 5.78. The number of ether oxygens (including phenoxy) is 3. The van der Waals surface area contributed by atoms with Gasteiger partial charge in [-0.3, -0.25) is 4.79 Å². The van der Waals surface area contributed by atoms with E-state index in [0.717, 1.165) is 5.56 Å². The third-order valence-corrected chi connectivity index (χ3v) is 5.16. The highest BCUT2D eigenvalue weighted by Gasteiger charge is 2.36. The molecule has 1 atom stereocenters. The fourth-order valence-corrected chi connectivity index (χ4v) is 3.66. The van der Waals surface area contributed by atoms with E-state index in [1.54, 1.807) is 38.4 Å². The summed E-state index contributed by atoms with van der Waals surface area (Å²) in [4.78, 5) is 14.3. The van der Waals surface area contributed by atoms with E-state index in [0.29, 0.717) is 54.0 Å². The van der Waals surface area contributed by atoms with Crippen LogP contribution in [0.3, 0.4) is 0 Å². The lowest BCUT2D eigenvalue weighted by molar-refractivity contribution is -0.129. The predicted molar refractivity (Wildman–Crippen MR) is 108 cm³/mol. The van der Waals surface area contributed by atoms with E-state index in [2.05, 4.69) is 10.2 Å². The van der Waals surface area contributed by atoms with Crippen molar-refractivity contribution in [2.75, 3.05) is 21.3 Å². The maximum Gasteiger partial charge on any atom is 0.248 e. The molecule has 1 aliphatic heterocycles. The van der Waals surface area contributed by atoms with Gasteiger partial charge in [0.1, 0.15) is 6.04 Å². The summed E-state index contributed by atoms with van der Waals surface area (Å²) < 4.78 is 22.1. The molecule has 1 fully saturated rings. The number of amides is 1. The molecule has 0 saturated carbocycles. The van der Waals surface area contributed by atoms with Gasteiger partial charge in [0.25, 0.3) is 0 Å². The van der Waals surface area contributed by atoms with Gasteiger partial charge in [0.15, 0.2) is 11.5 Å². The molecule has 1 aromatic heterocycles.